The van der Waals surface area contributed by atoms with Gasteiger partial charge < -0.3 is 5.73 Å². The van der Waals surface area contributed by atoms with E-state index in [2.05, 4.69) is 5.73 Å². The first-order chi connectivity index (χ1) is 3.92. The molecule has 9 heavy (non-hydrogen) atoms. The first-order valence-electron chi connectivity index (χ1n) is 1.94. The van der Waals surface area contributed by atoms with Crippen LogP contribution in [0.1, 0.15) is 0 Å². The molecule has 7 heteroatoms. The lowest BCUT2D eigenvalue weighted by Gasteiger charge is -1.98. The number of urea groups is 1. The van der Waals surface area contributed by atoms with Gasteiger partial charge in [0, 0.05) is 0 Å². The monoisotopic (exact) mass is 153 g/mol. The van der Waals surface area contributed by atoms with Crippen LogP contribution in [0.25, 0.3) is 0 Å². The number of primary amides is 1. The number of carbonyl (C=O) groups is 1. The van der Waals surface area contributed by atoms with Crippen molar-refractivity contribution < 1.29 is 13.2 Å². The van der Waals surface area contributed by atoms with Crippen LogP contribution < -0.4 is 16.0 Å². The van der Waals surface area contributed by atoms with Crippen molar-refractivity contribution in [3.05, 3.63) is 0 Å². The number of hydrazine groups is 1. The van der Waals surface area contributed by atoms with E-state index in [1.807, 2.05) is 0 Å². The number of hydrogen-bond acceptors (Lipinski definition) is 3. The fraction of sp³-hybridized carbons (Fsp3) is 0.500. The standard InChI is InChI=1S/C2H7N3O3S/c1-9(7,8)5-4-2(3)6/h5H,1H3,(H3,3,4,6). The number of hydrogen-bond donors (Lipinski definition) is 3. The van der Waals surface area contributed by atoms with Crippen molar-refractivity contribution in [1.29, 1.82) is 0 Å². The second-order valence-corrected chi connectivity index (χ2v) is 3.11. The molecule has 0 aromatic carbocycles. The Morgan fingerprint density at radius 1 is 1.56 bits per heavy atom. The molecule has 2 amide bonds. The van der Waals surface area contributed by atoms with Crippen molar-refractivity contribution in [2.45, 2.75) is 0 Å². The van der Waals surface area contributed by atoms with Crippen LogP contribution in [0.15, 0.2) is 0 Å². The minimum atomic E-state index is -3.38. The lowest BCUT2D eigenvalue weighted by molar-refractivity contribution is 0.247. The molecular weight excluding hydrogens is 146 g/mol. The Balaban J connectivity index is 3.67. The van der Waals surface area contributed by atoms with Crippen LogP contribution in [0.2, 0.25) is 0 Å². The van der Waals surface area contributed by atoms with E-state index in [1.165, 1.54) is 0 Å². The molecule has 6 nitrogen and oxygen atoms in total. The smallest absolute Gasteiger partial charge is 0.327 e. The number of nitrogens with one attached hydrogen (secondary N) is 2. The maximum absolute atomic E-state index is 10.2. The van der Waals surface area contributed by atoms with Gasteiger partial charge in [0.1, 0.15) is 0 Å². The number of amides is 2. The fourth-order valence-electron chi connectivity index (χ4n) is 0.143. The summed E-state index contributed by atoms with van der Waals surface area (Å²) >= 11 is 0. The Hall–Kier alpha value is -0.820. The third-order valence-corrected chi connectivity index (χ3v) is 0.832. The second-order valence-electron chi connectivity index (χ2n) is 1.36. The highest BCUT2D eigenvalue weighted by Crippen LogP contribution is 1.65. The quantitative estimate of drug-likeness (QED) is 0.404. The van der Waals surface area contributed by atoms with Gasteiger partial charge in [0.25, 0.3) is 0 Å². The number of sulfonamides is 1. The normalized spacial score (nSPS) is 10.8. The predicted molar refractivity (Wildman–Crippen MR) is 30.7 cm³/mol. The molecule has 0 spiro atoms. The first-order valence-corrected chi connectivity index (χ1v) is 3.83. The topological polar surface area (TPSA) is 101 Å². The van der Waals surface area contributed by atoms with E-state index in [-0.39, 0.29) is 0 Å². The highest BCUT2D eigenvalue weighted by Gasteiger charge is 1.98. The molecule has 0 aromatic heterocycles. The van der Waals surface area contributed by atoms with Crippen molar-refractivity contribution >= 4 is 16.1 Å². The molecule has 0 saturated carbocycles. The van der Waals surface area contributed by atoms with E-state index < -0.39 is 16.1 Å². The van der Waals surface area contributed by atoms with Gasteiger partial charge in [0.15, 0.2) is 0 Å². The summed E-state index contributed by atoms with van der Waals surface area (Å²) in [5, 5.41) is 0. The molecule has 54 valence electrons. The summed E-state index contributed by atoms with van der Waals surface area (Å²) in [5.41, 5.74) is 6.21. The van der Waals surface area contributed by atoms with Gasteiger partial charge in [-0.05, 0) is 0 Å². The molecule has 0 bridgehead atoms. The van der Waals surface area contributed by atoms with E-state index >= 15 is 0 Å². The first kappa shape index (κ1) is 8.18. The van der Waals surface area contributed by atoms with Crippen molar-refractivity contribution in [1.82, 2.24) is 10.3 Å². The molecule has 4 N–H and O–H groups in total. The molecule has 0 aliphatic rings. The Morgan fingerprint density at radius 3 is 2.11 bits per heavy atom. The van der Waals surface area contributed by atoms with Crippen LogP contribution in [0.4, 0.5) is 4.79 Å². The fourth-order valence-corrected chi connectivity index (χ4v) is 0.429. The van der Waals surface area contributed by atoms with Gasteiger partial charge in [-0.25, -0.2) is 13.2 Å². The van der Waals surface area contributed by atoms with Crippen LogP contribution in [0.5, 0.6) is 0 Å². The van der Waals surface area contributed by atoms with Crippen LogP contribution in [-0.2, 0) is 10.0 Å². The average Bonchev–Trinajstić information content (AvgIpc) is 1.59. The summed E-state index contributed by atoms with van der Waals surface area (Å²) in [6.07, 6.45) is 0.892. The van der Waals surface area contributed by atoms with Crippen molar-refractivity contribution in [3.63, 3.8) is 0 Å². The largest absolute Gasteiger partial charge is 0.351 e. The molecule has 0 atom stereocenters. The van der Waals surface area contributed by atoms with Crippen LogP contribution in [0.3, 0.4) is 0 Å². The zero-order valence-corrected chi connectivity index (χ0v) is 5.53. The molecule has 0 radical (unpaired) electrons. The molecule has 0 fully saturated rings. The van der Waals surface area contributed by atoms with Crippen molar-refractivity contribution in [2.75, 3.05) is 6.26 Å². The molecule has 0 aliphatic heterocycles. The highest BCUT2D eigenvalue weighted by molar-refractivity contribution is 7.88. The Kier molecular flexibility index (Phi) is 2.41. The summed E-state index contributed by atoms with van der Waals surface area (Å²) in [6, 6.07) is -0.944. The summed E-state index contributed by atoms with van der Waals surface area (Å²) in [5.74, 6) is 0. The molecule has 0 aromatic rings. The SMILES string of the molecule is CS(=O)(=O)NNC(N)=O. The van der Waals surface area contributed by atoms with E-state index in [0.29, 0.717) is 0 Å². The number of carbonyl (C=O) groups excluding carboxylic acids is 1. The van der Waals surface area contributed by atoms with Gasteiger partial charge in [-0.3, -0.25) is 5.43 Å². The molecule has 0 rings (SSSR count). The van der Waals surface area contributed by atoms with E-state index in [9.17, 15) is 13.2 Å². The van der Waals surface area contributed by atoms with E-state index in [1.54, 1.807) is 10.3 Å². The minimum Gasteiger partial charge on any atom is -0.351 e. The summed E-state index contributed by atoms with van der Waals surface area (Å²) in [7, 11) is -3.38. The van der Waals surface area contributed by atoms with E-state index in [4.69, 9.17) is 0 Å². The zero-order chi connectivity index (χ0) is 7.49. The third kappa shape index (κ3) is 7.18. The van der Waals surface area contributed by atoms with Crippen molar-refractivity contribution in [2.24, 2.45) is 5.73 Å². The maximum Gasteiger partial charge on any atom is 0.327 e. The lowest BCUT2D eigenvalue weighted by atomic mass is 11.2. The molecule has 0 saturated heterocycles. The van der Waals surface area contributed by atoms with Gasteiger partial charge >= 0.3 is 6.03 Å². The average molecular weight is 153 g/mol. The Morgan fingerprint density at radius 2 is 2.00 bits per heavy atom. The van der Waals surface area contributed by atoms with Gasteiger partial charge in [-0.1, -0.05) is 0 Å². The number of nitrogens with two attached hydrogens (primary N) is 1. The highest BCUT2D eigenvalue weighted by atomic mass is 32.2. The van der Waals surface area contributed by atoms with Crippen LogP contribution in [0, 0.1) is 0 Å². The second kappa shape index (κ2) is 2.65. The summed E-state index contributed by atoms with van der Waals surface area (Å²) < 4.78 is 20.3. The minimum absolute atomic E-state index is 0.892. The Labute approximate surface area is 52.4 Å². The Bertz CT molecular complexity index is 195. The molecule has 0 heterocycles. The van der Waals surface area contributed by atoms with Gasteiger partial charge in [-0.15, -0.1) is 4.83 Å². The maximum atomic E-state index is 10.2. The summed E-state index contributed by atoms with van der Waals surface area (Å²) in [6.45, 7) is 0. The van der Waals surface area contributed by atoms with E-state index in [0.717, 1.165) is 6.26 Å². The van der Waals surface area contributed by atoms with Crippen molar-refractivity contribution in [3.8, 4) is 0 Å². The van der Waals surface area contributed by atoms with Gasteiger partial charge in [0.05, 0.1) is 6.26 Å². The lowest BCUT2D eigenvalue weighted by Crippen LogP contribution is -2.43. The number of rotatable bonds is 2. The molecule has 0 unspecified atom stereocenters. The summed E-state index contributed by atoms with van der Waals surface area (Å²) in [4.78, 5) is 11.5. The van der Waals surface area contributed by atoms with Crippen LogP contribution >= 0.6 is 0 Å². The molecular formula is C2H7N3O3S. The third-order valence-electron chi connectivity index (χ3n) is 0.360. The molecule has 0 aliphatic carbocycles. The van der Waals surface area contributed by atoms with Crippen LogP contribution in [-0.4, -0.2) is 20.7 Å². The van der Waals surface area contributed by atoms with Gasteiger partial charge in [-0.2, -0.15) is 0 Å². The zero-order valence-electron chi connectivity index (χ0n) is 4.71. The predicted octanol–water partition coefficient (Wildman–Crippen LogP) is -1.88. The van der Waals surface area contributed by atoms with Gasteiger partial charge in [0.2, 0.25) is 10.0 Å².